The molecule has 0 bridgehead atoms. The van der Waals surface area contributed by atoms with E-state index in [0.717, 1.165) is 30.8 Å². The Labute approximate surface area is 103 Å². The van der Waals surface area contributed by atoms with E-state index in [0.29, 0.717) is 6.54 Å². The van der Waals surface area contributed by atoms with Crippen LogP contribution in [0.15, 0.2) is 24.3 Å². The highest BCUT2D eigenvalue weighted by molar-refractivity contribution is 5.89. The van der Waals surface area contributed by atoms with Crippen LogP contribution in [0.4, 0.5) is 10.5 Å². The molecule has 4 heteroatoms. The van der Waals surface area contributed by atoms with Crippen LogP contribution in [-0.2, 0) is 6.54 Å². The maximum absolute atomic E-state index is 11.9. The van der Waals surface area contributed by atoms with E-state index < -0.39 is 0 Å². The van der Waals surface area contributed by atoms with Crippen molar-refractivity contribution in [2.45, 2.75) is 26.8 Å². The first-order valence-electron chi connectivity index (χ1n) is 6.06. The summed E-state index contributed by atoms with van der Waals surface area (Å²) in [7, 11) is 0. The summed E-state index contributed by atoms with van der Waals surface area (Å²) in [4.78, 5) is 13.7. The Hall–Kier alpha value is -1.55. The van der Waals surface area contributed by atoms with Crippen LogP contribution in [0.5, 0.6) is 0 Å². The average Bonchev–Trinajstić information content (AvgIpc) is 2.36. The fourth-order valence-corrected chi connectivity index (χ4v) is 1.60. The normalized spacial score (nSPS) is 10.1. The number of carbonyl (C=O) groups excluding carboxylic acids is 1. The van der Waals surface area contributed by atoms with Crippen LogP contribution in [-0.4, -0.2) is 24.0 Å². The summed E-state index contributed by atoms with van der Waals surface area (Å²) in [6, 6.07) is 7.55. The molecular weight excluding hydrogens is 214 g/mol. The standard InChI is InChI=1S/C13H21N3O/c1-3-9-16(4-2)13(17)15-12-7-5-11(10-14)6-8-12/h5-8H,3-4,9-10,14H2,1-2H3,(H,15,17). The smallest absolute Gasteiger partial charge is 0.321 e. The minimum absolute atomic E-state index is 0.0464. The van der Waals surface area contributed by atoms with Crippen molar-refractivity contribution >= 4 is 11.7 Å². The zero-order valence-electron chi connectivity index (χ0n) is 10.6. The molecule has 0 saturated carbocycles. The number of hydrogen-bond donors (Lipinski definition) is 2. The van der Waals surface area contributed by atoms with Crippen LogP contribution in [0.2, 0.25) is 0 Å². The molecule has 0 spiro atoms. The summed E-state index contributed by atoms with van der Waals surface area (Å²) < 4.78 is 0. The number of nitrogens with one attached hydrogen (secondary N) is 1. The molecule has 0 radical (unpaired) electrons. The van der Waals surface area contributed by atoms with E-state index in [4.69, 9.17) is 5.73 Å². The molecule has 0 unspecified atom stereocenters. The average molecular weight is 235 g/mol. The number of rotatable bonds is 5. The molecule has 1 aromatic carbocycles. The van der Waals surface area contributed by atoms with Gasteiger partial charge in [-0.1, -0.05) is 19.1 Å². The van der Waals surface area contributed by atoms with Crippen LogP contribution in [0.1, 0.15) is 25.8 Å². The predicted octanol–water partition coefficient (Wildman–Crippen LogP) is 2.41. The van der Waals surface area contributed by atoms with Crippen molar-refractivity contribution in [3.05, 3.63) is 29.8 Å². The monoisotopic (exact) mass is 235 g/mol. The van der Waals surface area contributed by atoms with Crippen molar-refractivity contribution in [2.75, 3.05) is 18.4 Å². The third-order valence-electron chi connectivity index (χ3n) is 2.60. The van der Waals surface area contributed by atoms with Gasteiger partial charge in [0.2, 0.25) is 0 Å². The number of nitrogens with two attached hydrogens (primary N) is 1. The van der Waals surface area contributed by atoms with Gasteiger partial charge in [0.05, 0.1) is 0 Å². The molecule has 3 N–H and O–H groups in total. The van der Waals surface area contributed by atoms with E-state index in [-0.39, 0.29) is 6.03 Å². The maximum Gasteiger partial charge on any atom is 0.321 e. The molecule has 4 nitrogen and oxygen atoms in total. The number of carbonyl (C=O) groups is 1. The zero-order valence-corrected chi connectivity index (χ0v) is 10.6. The minimum Gasteiger partial charge on any atom is -0.326 e. The van der Waals surface area contributed by atoms with Crippen molar-refractivity contribution in [3.8, 4) is 0 Å². The lowest BCUT2D eigenvalue weighted by Gasteiger charge is -2.20. The third kappa shape index (κ3) is 4.07. The third-order valence-corrected chi connectivity index (χ3v) is 2.60. The van der Waals surface area contributed by atoms with E-state index in [9.17, 15) is 4.79 Å². The highest BCUT2D eigenvalue weighted by Crippen LogP contribution is 2.10. The number of hydrogen-bond acceptors (Lipinski definition) is 2. The van der Waals surface area contributed by atoms with Gasteiger partial charge in [-0.3, -0.25) is 0 Å². The summed E-state index contributed by atoms with van der Waals surface area (Å²) in [5.74, 6) is 0. The number of anilines is 1. The second-order valence-electron chi connectivity index (χ2n) is 3.91. The van der Waals surface area contributed by atoms with Gasteiger partial charge in [0.15, 0.2) is 0 Å². The summed E-state index contributed by atoms with van der Waals surface area (Å²) in [5.41, 5.74) is 7.38. The second-order valence-corrected chi connectivity index (χ2v) is 3.91. The summed E-state index contributed by atoms with van der Waals surface area (Å²) >= 11 is 0. The molecular formula is C13H21N3O. The van der Waals surface area contributed by atoms with Gasteiger partial charge in [0.1, 0.15) is 0 Å². The van der Waals surface area contributed by atoms with Crippen LogP contribution in [0.3, 0.4) is 0 Å². The van der Waals surface area contributed by atoms with Crippen molar-refractivity contribution in [3.63, 3.8) is 0 Å². The van der Waals surface area contributed by atoms with Crippen molar-refractivity contribution in [2.24, 2.45) is 5.73 Å². The highest BCUT2D eigenvalue weighted by atomic mass is 16.2. The maximum atomic E-state index is 11.9. The molecule has 0 aliphatic rings. The Morgan fingerprint density at radius 1 is 1.29 bits per heavy atom. The van der Waals surface area contributed by atoms with Gasteiger partial charge in [0.25, 0.3) is 0 Å². The van der Waals surface area contributed by atoms with Crippen molar-refractivity contribution in [1.82, 2.24) is 4.90 Å². The predicted molar refractivity (Wildman–Crippen MR) is 70.9 cm³/mol. The first-order chi connectivity index (χ1) is 8.21. The first-order valence-corrected chi connectivity index (χ1v) is 6.06. The molecule has 0 saturated heterocycles. The van der Waals surface area contributed by atoms with Crippen LogP contribution in [0.25, 0.3) is 0 Å². The first kappa shape index (κ1) is 13.5. The quantitative estimate of drug-likeness (QED) is 0.823. The number of amides is 2. The molecule has 2 amide bonds. The summed E-state index contributed by atoms with van der Waals surface area (Å²) in [6.45, 7) is 6.06. The largest absolute Gasteiger partial charge is 0.326 e. The lowest BCUT2D eigenvalue weighted by Crippen LogP contribution is -2.35. The van der Waals surface area contributed by atoms with Gasteiger partial charge >= 0.3 is 6.03 Å². The highest BCUT2D eigenvalue weighted by Gasteiger charge is 2.09. The lowest BCUT2D eigenvalue weighted by molar-refractivity contribution is 0.214. The number of urea groups is 1. The molecule has 0 atom stereocenters. The molecule has 0 aliphatic heterocycles. The molecule has 17 heavy (non-hydrogen) atoms. The van der Waals surface area contributed by atoms with Gasteiger partial charge in [0, 0.05) is 25.3 Å². The Morgan fingerprint density at radius 2 is 1.94 bits per heavy atom. The molecule has 1 rings (SSSR count). The Kier molecular flexibility index (Phi) is 5.49. The van der Waals surface area contributed by atoms with Gasteiger partial charge in [-0.2, -0.15) is 0 Å². The van der Waals surface area contributed by atoms with E-state index in [1.807, 2.05) is 31.2 Å². The van der Waals surface area contributed by atoms with E-state index in [2.05, 4.69) is 12.2 Å². The van der Waals surface area contributed by atoms with Crippen LogP contribution < -0.4 is 11.1 Å². The fraction of sp³-hybridized carbons (Fsp3) is 0.462. The fourth-order valence-electron chi connectivity index (χ4n) is 1.60. The second kappa shape index (κ2) is 6.91. The zero-order chi connectivity index (χ0) is 12.7. The molecule has 0 heterocycles. The van der Waals surface area contributed by atoms with E-state index in [1.54, 1.807) is 4.90 Å². The topological polar surface area (TPSA) is 58.4 Å². The van der Waals surface area contributed by atoms with Crippen LogP contribution >= 0.6 is 0 Å². The number of benzene rings is 1. The molecule has 0 fully saturated rings. The molecule has 0 aromatic heterocycles. The Morgan fingerprint density at radius 3 is 2.41 bits per heavy atom. The minimum atomic E-state index is -0.0464. The number of nitrogens with zero attached hydrogens (tertiary/aromatic N) is 1. The van der Waals surface area contributed by atoms with Crippen LogP contribution in [0, 0.1) is 0 Å². The van der Waals surface area contributed by atoms with Crippen molar-refractivity contribution in [1.29, 1.82) is 0 Å². The Balaban J connectivity index is 2.59. The van der Waals surface area contributed by atoms with E-state index in [1.165, 1.54) is 0 Å². The van der Waals surface area contributed by atoms with Gasteiger partial charge in [-0.25, -0.2) is 4.79 Å². The molecule has 94 valence electrons. The molecule has 0 aliphatic carbocycles. The Bertz CT molecular complexity index is 348. The van der Waals surface area contributed by atoms with Gasteiger partial charge < -0.3 is 16.0 Å². The lowest BCUT2D eigenvalue weighted by atomic mass is 10.2. The van der Waals surface area contributed by atoms with Crippen molar-refractivity contribution < 1.29 is 4.79 Å². The van der Waals surface area contributed by atoms with Gasteiger partial charge in [-0.05, 0) is 31.0 Å². The SMILES string of the molecule is CCCN(CC)C(=O)Nc1ccc(CN)cc1. The van der Waals surface area contributed by atoms with Gasteiger partial charge in [-0.15, -0.1) is 0 Å². The molecule has 1 aromatic rings. The summed E-state index contributed by atoms with van der Waals surface area (Å²) in [6.07, 6.45) is 0.966. The van der Waals surface area contributed by atoms with E-state index >= 15 is 0 Å². The summed E-state index contributed by atoms with van der Waals surface area (Å²) in [5, 5.41) is 2.88.